The van der Waals surface area contributed by atoms with Gasteiger partial charge in [-0.05, 0) is 45.0 Å². The third-order valence-electron chi connectivity index (χ3n) is 3.69. The Bertz CT molecular complexity index is 513. The van der Waals surface area contributed by atoms with E-state index in [0.717, 1.165) is 12.8 Å². The standard InChI is InChI=1S/C13H17N3/c1-16(2)9-3-4-12-10(7-9)11-8-14-6-5-13(11)15-12/h5-6,8-9,15H,3-4,7H2,1-2H3. The SMILES string of the molecule is CN(C)C1CCc2[nH]c3ccncc3c2C1. The second-order valence-corrected chi connectivity index (χ2v) is 4.86. The summed E-state index contributed by atoms with van der Waals surface area (Å²) >= 11 is 0. The smallest absolute Gasteiger partial charge is 0.0490 e. The van der Waals surface area contributed by atoms with Crippen molar-refractivity contribution in [2.75, 3.05) is 14.1 Å². The van der Waals surface area contributed by atoms with Gasteiger partial charge in [0.15, 0.2) is 0 Å². The second-order valence-electron chi connectivity index (χ2n) is 4.86. The molecule has 0 saturated heterocycles. The highest BCUT2D eigenvalue weighted by molar-refractivity contribution is 5.84. The molecule has 16 heavy (non-hydrogen) atoms. The molecule has 84 valence electrons. The minimum atomic E-state index is 0.673. The minimum absolute atomic E-state index is 0.673. The molecule has 0 spiro atoms. The lowest BCUT2D eigenvalue weighted by molar-refractivity contribution is 0.268. The lowest BCUT2D eigenvalue weighted by Gasteiger charge is -2.28. The van der Waals surface area contributed by atoms with Crippen LogP contribution in [0.3, 0.4) is 0 Å². The lowest BCUT2D eigenvalue weighted by Crippen LogP contribution is -2.33. The van der Waals surface area contributed by atoms with Crippen molar-refractivity contribution in [1.29, 1.82) is 0 Å². The first-order valence-electron chi connectivity index (χ1n) is 5.85. The molecule has 0 amide bonds. The molecule has 0 fully saturated rings. The fraction of sp³-hybridized carbons (Fsp3) is 0.462. The highest BCUT2D eigenvalue weighted by Gasteiger charge is 2.23. The number of nitrogens with one attached hydrogen (secondary N) is 1. The number of aromatic nitrogens is 2. The summed E-state index contributed by atoms with van der Waals surface area (Å²) in [5, 5.41) is 1.31. The van der Waals surface area contributed by atoms with Gasteiger partial charge in [0.1, 0.15) is 0 Å². The molecule has 3 nitrogen and oxygen atoms in total. The van der Waals surface area contributed by atoms with Gasteiger partial charge in [-0.1, -0.05) is 0 Å². The van der Waals surface area contributed by atoms with Gasteiger partial charge in [0, 0.05) is 35.0 Å². The van der Waals surface area contributed by atoms with Crippen molar-refractivity contribution in [3.05, 3.63) is 29.7 Å². The number of fused-ring (bicyclic) bond motifs is 3. The Morgan fingerprint density at radius 3 is 3.12 bits per heavy atom. The highest BCUT2D eigenvalue weighted by Crippen LogP contribution is 2.29. The molecule has 1 unspecified atom stereocenters. The summed E-state index contributed by atoms with van der Waals surface area (Å²) in [5.41, 5.74) is 4.13. The van der Waals surface area contributed by atoms with Gasteiger partial charge in [-0.15, -0.1) is 0 Å². The third-order valence-corrected chi connectivity index (χ3v) is 3.69. The molecule has 3 rings (SSSR count). The molecule has 2 heterocycles. The Kier molecular flexibility index (Phi) is 2.21. The summed E-state index contributed by atoms with van der Waals surface area (Å²) in [5.74, 6) is 0. The van der Waals surface area contributed by atoms with Gasteiger partial charge >= 0.3 is 0 Å². The van der Waals surface area contributed by atoms with E-state index >= 15 is 0 Å². The third kappa shape index (κ3) is 1.43. The molecule has 1 atom stereocenters. The van der Waals surface area contributed by atoms with Gasteiger partial charge in [-0.3, -0.25) is 4.98 Å². The molecule has 0 aromatic carbocycles. The van der Waals surface area contributed by atoms with Crippen molar-refractivity contribution >= 4 is 10.9 Å². The van der Waals surface area contributed by atoms with E-state index < -0.39 is 0 Å². The van der Waals surface area contributed by atoms with Crippen LogP contribution in [0.4, 0.5) is 0 Å². The Balaban J connectivity index is 2.08. The minimum Gasteiger partial charge on any atom is -0.358 e. The zero-order valence-corrected chi connectivity index (χ0v) is 9.83. The van der Waals surface area contributed by atoms with Crippen LogP contribution in [0.15, 0.2) is 18.5 Å². The number of likely N-dealkylation sites (N-methyl/N-ethyl adjacent to an activating group) is 1. The van der Waals surface area contributed by atoms with Crippen LogP contribution in [-0.4, -0.2) is 35.0 Å². The Labute approximate surface area is 95.5 Å². The van der Waals surface area contributed by atoms with Gasteiger partial charge in [0.05, 0.1) is 0 Å². The van der Waals surface area contributed by atoms with E-state index in [1.165, 1.54) is 28.6 Å². The van der Waals surface area contributed by atoms with Crippen LogP contribution in [0, 0.1) is 0 Å². The fourth-order valence-corrected chi connectivity index (χ4v) is 2.68. The maximum Gasteiger partial charge on any atom is 0.0490 e. The van der Waals surface area contributed by atoms with E-state index in [9.17, 15) is 0 Å². The first-order chi connectivity index (χ1) is 7.75. The quantitative estimate of drug-likeness (QED) is 0.789. The molecule has 1 aliphatic carbocycles. The fourth-order valence-electron chi connectivity index (χ4n) is 2.68. The molecule has 0 bridgehead atoms. The van der Waals surface area contributed by atoms with Crippen LogP contribution < -0.4 is 0 Å². The lowest BCUT2D eigenvalue weighted by atomic mass is 9.91. The first kappa shape index (κ1) is 9.85. The monoisotopic (exact) mass is 215 g/mol. The molecular formula is C13H17N3. The maximum absolute atomic E-state index is 4.23. The van der Waals surface area contributed by atoms with E-state index in [1.54, 1.807) is 0 Å². The van der Waals surface area contributed by atoms with E-state index in [-0.39, 0.29) is 0 Å². The number of aryl methyl sites for hydroxylation is 1. The summed E-state index contributed by atoms with van der Waals surface area (Å²) < 4.78 is 0. The second kappa shape index (κ2) is 3.59. The summed E-state index contributed by atoms with van der Waals surface area (Å²) in [7, 11) is 4.34. The number of H-pyrrole nitrogens is 1. The number of hydrogen-bond donors (Lipinski definition) is 1. The van der Waals surface area contributed by atoms with Crippen molar-refractivity contribution < 1.29 is 0 Å². The largest absolute Gasteiger partial charge is 0.358 e. The number of rotatable bonds is 1. The Hall–Kier alpha value is -1.35. The average Bonchev–Trinajstić information content (AvgIpc) is 2.66. The Morgan fingerprint density at radius 1 is 1.44 bits per heavy atom. The van der Waals surface area contributed by atoms with Crippen molar-refractivity contribution in [2.45, 2.75) is 25.3 Å². The van der Waals surface area contributed by atoms with Crippen LogP contribution in [0.5, 0.6) is 0 Å². The van der Waals surface area contributed by atoms with E-state index in [1.807, 2.05) is 12.4 Å². The number of nitrogens with zero attached hydrogens (tertiary/aromatic N) is 2. The van der Waals surface area contributed by atoms with E-state index in [4.69, 9.17) is 0 Å². The van der Waals surface area contributed by atoms with Gasteiger partial charge in [0.2, 0.25) is 0 Å². The zero-order chi connectivity index (χ0) is 11.1. The number of pyridine rings is 1. The van der Waals surface area contributed by atoms with Crippen LogP contribution >= 0.6 is 0 Å². The molecule has 0 saturated carbocycles. The molecule has 2 aromatic rings. The van der Waals surface area contributed by atoms with E-state index in [0.29, 0.717) is 6.04 Å². The maximum atomic E-state index is 4.23. The number of hydrogen-bond acceptors (Lipinski definition) is 2. The molecule has 2 aromatic heterocycles. The summed E-state index contributed by atoms with van der Waals surface area (Å²) in [4.78, 5) is 10.1. The summed E-state index contributed by atoms with van der Waals surface area (Å²) in [6, 6.07) is 2.74. The van der Waals surface area contributed by atoms with Gasteiger partial charge < -0.3 is 9.88 Å². The van der Waals surface area contributed by atoms with Crippen molar-refractivity contribution in [3.8, 4) is 0 Å². The van der Waals surface area contributed by atoms with Gasteiger partial charge in [-0.25, -0.2) is 0 Å². The molecule has 3 heteroatoms. The highest BCUT2D eigenvalue weighted by atomic mass is 15.1. The molecule has 1 N–H and O–H groups in total. The van der Waals surface area contributed by atoms with Crippen LogP contribution in [0.1, 0.15) is 17.7 Å². The van der Waals surface area contributed by atoms with Crippen LogP contribution in [0.2, 0.25) is 0 Å². The van der Waals surface area contributed by atoms with Gasteiger partial charge in [-0.2, -0.15) is 0 Å². The summed E-state index contributed by atoms with van der Waals surface area (Å²) in [6.45, 7) is 0. The van der Waals surface area contributed by atoms with Crippen molar-refractivity contribution in [1.82, 2.24) is 14.9 Å². The molecule has 1 aliphatic rings. The Morgan fingerprint density at radius 2 is 2.31 bits per heavy atom. The average molecular weight is 215 g/mol. The topological polar surface area (TPSA) is 31.9 Å². The zero-order valence-electron chi connectivity index (χ0n) is 9.83. The normalized spacial score (nSPS) is 20.3. The summed E-state index contributed by atoms with van der Waals surface area (Å²) in [6.07, 6.45) is 7.40. The predicted molar refractivity (Wildman–Crippen MR) is 65.6 cm³/mol. The van der Waals surface area contributed by atoms with Crippen molar-refractivity contribution in [2.24, 2.45) is 0 Å². The van der Waals surface area contributed by atoms with Gasteiger partial charge in [0.25, 0.3) is 0 Å². The first-order valence-corrected chi connectivity index (χ1v) is 5.85. The van der Waals surface area contributed by atoms with Crippen molar-refractivity contribution in [3.63, 3.8) is 0 Å². The van der Waals surface area contributed by atoms with Crippen LogP contribution in [-0.2, 0) is 12.8 Å². The molecule has 0 aliphatic heterocycles. The molecule has 0 radical (unpaired) electrons. The molecular weight excluding hydrogens is 198 g/mol. The number of aromatic amines is 1. The predicted octanol–water partition coefficient (Wildman–Crippen LogP) is 1.98. The van der Waals surface area contributed by atoms with E-state index in [2.05, 4.69) is 35.0 Å². The van der Waals surface area contributed by atoms with Crippen LogP contribution in [0.25, 0.3) is 10.9 Å².